The highest BCUT2D eigenvalue weighted by atomic mass is 19.3. The van der Waals surface area contributed by atoms with Crippen molar-refractivity contribution in [2.45, 2.75) is 82.1 Å². The fourth-order valence-electron chi connectivity index (χ4n) is 5.50. The summed E-state index contributed by atoms with van der Waals surface area (Å²) in [6.07, 6.45) is -2.14. The number of ether oxygens (including phenoxy) is 2. The molecule has 0 spiro atoms. The number of nitrogens with one attached hydrogen (secondary N) is 1. The molecule has 3 amide bonds. The number of likely N-dealkylation sites (tertiary alicyclic amines) is 1. The summed E-state index contributed by atoms with van der Waals surface area (Å²) >= 11 is 0. The number of alkyl halides is 3. The Kier molecular flexibility index (Phi) is 6.71. The van der Waals surface area contributed by atoms with Crippen LogP contribution < -0.4 is 10.1 Å². The van der Waals surface area contributed by atoms with E-state index >= 15 is 0 Å². The number of halogens is 3. The van der Waals surface area contributed by atoms with Crippen molar-refractivity contribution in [3.63, 3.8) is 0 Å². The molecule has 1 aromatic carbocycles. The molecule has 4 unspecified atom stereocenters. The second-order valence-corrected chi connectivity index (χ2v) is 9.62. The molecule has 3 heterocycles. The smallest absolute Gasteiger partial charge is 0.293 e. The lowest BCUT2D eigenvalue weighted by Crippen LogP contribution is -2.61. The molecule has 4 aliphatic rings. The second-order valence-electron chi connectivity index (χ2n) is 9.62. The van der Waals surface area contributed by atoms with Crippen molar-refractivity contribution in [3.05, 3.63) is 29.3 Å². The van der Waals surface area contributed by atoms with Gasteiger partial charge in [-0.3, -0.25) is 24.6 Å². The number of rotatable bonds is 7. The van der Waals surface area contributed by atoms with Crippen LogP contribution in [0, 0.1) is 0 Å². The van der Waals surface area contributed by atoms with Crippen LogP contribution in [-0.4, -0.2) is 77.7 Å². The largest absolute Gasteiger partial charge is 0.489 e. The zero-order valence-corrected chi connectivity index (χ0v) is 19.1. The summed E-state index contributed by atoms with van der Waals surface area (Å²) in [5.74, 6) is -0.397. The topological polar surface area (TPSA) is 88.2 Å². The van der Waals surface area contributed by atoms with E-state index in [-0.39, 0.29) is 36.9 Å². The lowest BCUT2D eigenvalue weighted by Gasteiger charge is -2.48. The Morgan fingerprint density at radius 3 is 2.54 bits per heavy atom. The predicted octanol–water partition coefficient (Wildman–Crippen LogP) is 2.40. The third-order valence-corrected chi connectivity index (χ3v) is 7.32. The number of hydrogen-bond donors (Lipinski definition) is 1. The molecule has 1 aromatic rings. The molecule has 5 rings (SSSR count). The van der Waals surface area contributed by atoms with Crippen molar-refractivity contribution in [3.8, 4) is 5.75 Å². The summed E-state index contributed by atoms with van der Waals surface area (Å²) in [5.41, 5.74) is 1.28. The highest BCUT2D eigenvalue weighted by Gasteiger charge is 2.42. The summed E-state index contributed by atoms with van der Waals surface area (Å²) in [6, 6.07) is 4.67. The number of carbonyl (C=O) groups is 3. The monoisotopic (exact) mass is 495 g/mol. The minimum absolute atomic E-state index is 0.0723. The van der Waals surface area contributed by atoms with Gasteiger partial charge in [-0.15, -0.1) is 0 Å². The Balaban J connectivity index is 1.21. The maximum atomic E-state index is 13.2. The molecule has 8 nitrogen and oxygen atoms in total. The van der Waals surface area contributed by atoms with Gasteiger partial charge in [-0.05, 0) is 49.4 Å². The van der Waals surface area contributed by atoms with E-state index in [1.54, 1.807) is 12.1 Å². The summed E-state index contributed by atoms with van der Waals surface area (Å²) < 4.78 is 49.1. The van der Waals surface area contributed by atoms with Crippen molar-refractivity contribution < 1.29 is 37.0 Å². The van der Waals surface area contributed by atoms with Gasteiger partial charge in [0.1, 0.15) is 17.9 Å². The number of imide groups is 1. The quantitative estimate of drug-likeness (QED) is 0.585. The van der Waals surface area contributed by atoms with Crippen LogP contribution in [-0.2, 0) is 20.9 Å². The fourth-order valence-corrected chi connectivity index (χ4v) is 5.50. The molecule has 1 aliphatic carbocycles. The molecule has 2 saturated heterocycles. The summed E-state index contributed by atoms with van der Waals surface area (Å²) in [4.78, 5) is 40.2. The Hall–Kier alpha value is -2.66. The molecule has 190 valence electrons. The van der Waals surface area contributed by atoms with E-state index in [0.717, 1.165) is 31.2 Å². The van der Waals surface area contributed by atoms with Crippen molar-refractivity contribution in [1.82, 2.24) is 15.1 Å². The summed E-state index contributed by atoms with van der Waals surface area (Å²) in [7, 11) is 0. The first kappa shape index (κ1) is 24.1. The fraction of sp³-hybridized carbons (Fsp3) is 0.625. The van der Waals surface area contributed by atoms with E-state index in [0.29, 0.717) is 30.8 Å². The zero-order valence-electron chi connectivity index (χ0n) is 19.1. The molecule has 35 heavy (non-hydrogen) atoms. The van der Waals surface area contributed by atoms with E-state index < -0.39 is 30.8 Å². The molecule has 0 aromatic heterocycles. The molecule has 3 aliphatic heterocycles. The minimum Gasteiger partial charge on any atom is -0.489 e. The standard InChI is InChI=1S/C24H28F3N3O5/c25-21(26)22(27)35-15-11-29(12-15)17-3-1-2-4-19(17)34-14-5-6-16-13(9-14)10-30(24(16)33)18-7-8-20(31)28-23(18)32/h5-6,9,15,17-19,21-22H,1-4,7-8,10-12H2,(H,28,31,32). The lowest BCUT2D eigenvalue weighted by atomic mass is 9.89. The maximum Gasteiger partial charge on any atom is 0.293 e. The van der Waals surface area contributed by atoms with Crippen LogP contribution in [0.1, 0.15) is 54.4 Å². The average Bonchev–Trinajstić information content (AvgIpc) is 3.12. The lowest BCUT2D eigenvalue weighted by molar-refractivity contribution is -0.197. The zero-order chi connectivity index (χ0) is 24.7. The van der Waals surface area contributed by atoms with E-state index in [4.69, 9.17) is 9.47 Å². The van der Waals surface area contributed by atoms with Gasteiger partial charge in [0.05, 0.1) is 6.10 Å². The van der Waals surface area contributed by atoms with Crippen LogP contribution in [0.2, 0.25) is 0 Å². The summed E-state index contributed by atoms with van der Waals surface area (Å²) in [5, 5.41) is 2.30. The van der Waals surface area contributed by atoms with Gasteiger partial charge in [0.25, 0.3) is 18.7 Å². The third kappa shape index (κ3) is 4.88. The molecule has 0 radical (unpaired) electrons. The van der Waals surface area contributed by atoms with Crippen LogP contribution in [0.25, 0.3) is 0 Å². The van der Waals surface area contributed by atoms with Gasteiger partial charge < -0.3 is 14.4 Å². The van der Waals surface area contributed by atoms with E-state index in [1.807, 2.05) is 6.07 Å². The SMILES string of the molecule is O=C1CCC(N2Cc3cc(OC4CCCCC4N4CC(OC(F)C(F)F)C4)ccc3C2=O)C(=O)N1. The van der Waals surface area contributed by atoms with Crippen molar-refractivity contribution in [1.29, 1.82) is 0 Å². The molecule has 11 heteroatoms. The van der Waals surface area contributed by atoms with Gasteiger partial charge in [0, 0.05) is 37.7 Å². The van der Waals surface area contributed by atoms with Crippen LogP contribution in [0.3, 0.4) is 0 Å². The first-order chi connectivity index (χ1) is 16.8. The highest BCUT2D eigenvalue weighted by Crippen LogP contribution is 2.34. The van der Waals surface area contributed by atoms with Gasteiger partial charge in [-0.25, -0.2) is 13.2 Å². The number of hydrogen-bond acceptors (Lipinski definition) is 6. The van der Waals surface area contributed by atoms with E-state index in [1.165, 1.54) is 4.90 Å². The number of piperidine rings is 1. The number of carbonyl (C=O) groups excluding carboxylic acids is 3. The summed E-state index contributed by atoms with van der Waals surface area (Å²) in [6.45, 7) is 1.04. The molecular formula is C24H28F3N3O5. The van der Waals surface area contributed by atoms with Crippen molar-refractivity contribution >= 4 is 17.7 Å². The van der Waals surface area contributed by atoms with Crippen LogP contribution >= 0.6 is 0 Å². The van der Waals surface area contributed by atoms with Gasteiger partial charge in [0.2, 0.25) is 11.8 Å². The van der Waals surface area contributed by atoms with Crippen molar-refractivity contribution in [2.24, 2.45) is 0 Å². The van der Waals surface area contributed by atoms with Gasteiger partial charge in [-0.2, -0.15) is 0 Å². The number of fused-ring (bicyclic) bond motifs is 1. The average molecular weight is 495 g/mol. The van der Waals surface area contributed by atoms with Gasteiger partial charge in [0.15, 0.2) is 0 Å². The Bertz CT molecular complexity index is 1000. The van der Waals surface area contributed by atoms with E-state index in [9.17, 15) is 27.6 Å². The number of amides is 3. The Morgan fingerprint density at radius 2 is 1.80 bits per heavy atom. The van der Waals surface area contributed by atoms with Crippen LogP contribution in [0.15, 0.2) is 18.2 Å². The third-order valence-electron chi connectivity index (χ3n) is 7.32. The number of benzene rings is 1. The number of nitrogens with zero attached hydrogens (tertiary/aromatic N) is 2. The Labute approximate surface area is 200 Å². The molecule has 1 saturated carbocycles. The van der Waals surface area contributed by atoms with E-state index in [2.05, 4.69) is 10.2 Å². The second kappa shape index (κ2) is 9.77. The minimum atomic E-state index is -3.15. The van der Waals surface area contributed by atoms with Gasteiger partial charge in [-0.1, -0.05) is 6.42 Å². The van der Waals surface area contributed by atoms with Crippen LogP contribution in [0.5, 0.6) is 5.75 Å². The molecule has 1 N–H and O–H groups in total. The van der Waals surface area contributed by atoms with Crippen LogP contribution in [0.4, 0.5) is 13.2 Å². The van der Waals surface area contributed by atoms with Crippen molar-refractivity contribution in [2.75, 3.05) is 13.1 Å². The first-order valence-corrected chi connectivity index (χ1v) is 12.1. The molecular weight excluding hydrogens is 467 g/mol. The Morgan fingerprint density at radius 1 is 1.03 bits per heavy atom. The first-order valence-electron chi connectivity index (χ1n) is 12.1. The molecule has 0 bridgehead atoms. The highest BCUT2D eigenvalue weighted by molar-refractivity contribution is 6.05. The maximum absolute atomic E-state index is 13.2. The molecule has 3 fully saturated rings. The normalized spacial score (nSPS) is 28.6. The van der Waals surface area contributed by atoms with Gasteiger partial charge >= 0.3 is 0 Å². The molecule has 4 atom stereocenters. The predicted molar refractivity (Wildman–Crippen MR) is 117 cm³/mol.